The first-order chi connectivity index (χ1) is 12.2. The van der Waals surface area contributed by atoms with Crippen LogP contribution in [0.2, 0.25) is 0 Å². The number of nitrogens with zero attached hydrogens (tertiary/aromatic N) is 1. The number of nitrogens with two attached hydrogens (primary N) is 1. The fraction of sp³-hybridized carbons (Fsp3) is 0.455. The largest absolute Gasteiger partial charge is 0.492 e. The van der Waals surface area contributed by atoms with Crippen molar-refractivity contribution in [2.45, 2.75) is 32.6 Å². The van der Waals surface area contributed by atoms with Gasteiger partial charge in [-0.2, -0.15) is 0 Å². The molecule has 0 aliphatic carbocycles. The number of rotatable bonds is 7. The molecule has 1 fully saturated rings. The molecule has 1 aliphatic heterocycles. The maximum absolute atomic E-state index is 5.81. The Morgan fingerprint density at radius 3 is 2.24 bits per heavy atom. The lowest BCUT2D eigenvalue weighted by molar-refractivity contribution is 0.155. The van der Waals surface area contributed by atoms with Crippen LogP contribution in [-0.2, 0) is 12.8 Å². The monoisotopic (exact) mass is 338 g/mol. The molecule has 0 unspecified atom stereocenters. The molecule has 1 heterocycles. The number of benzene rings is 2. The lowest BCUT2D eigenvalue weighted by Crippen LogP contribution is -2.37. The fourth-order valence-corrected chi connectivity index (χ4v) is 3.52. The summed E-state index contributed by atoms with van der Waals surface area (Å²) in [6.07, 6.45) is 4.92. The van der Waals surface area contributed by atoms with Crippen molar-refractivity contribution in [3.05, 3.63) is 59.7 Å². The Hall–Kier alpha value is -2.00. The van der Waals surface area contributed by atoms with Gasteiger partial charge in [0.2, 0.25) is 0 Å². The molecule has 0 spiro atoms. The predicted molar refractivity (Wildman–Crippen MR) is 105 cm³/mol. The van der Waals surface area contributed by atoms with E-state index >= 15 is 0 Å². The quantitative estimate of drug-likeness (QED) is 0.770. The molecule has 3 nitrogen and oxygen atoms in total. The number of likely N-dealkylation sites (tertiary alicyclic amines) is 1. The van der Waals surface area contributed by atoms with Crippen molar-refractivity contribution in [1.29, 1.82) is 0 Å². The highest BCUT2D eigenvalue weighted by Crippen LogP contribution is 2.22. The van der Waals surface area contributed by atoms with Crippen molar-refractivity contribution in [1.82, 2.24) is 4.90 Å². The maximum atomic E-state index is 5.81. The third kappa shape index (κ3) is 5.50. The molecular formula is C22H30N2O. The zero-order chi connectivity index (χ0) is 17.5. The Morgan fingerprint density at radius 1 is 0.960 bits per heavy atom. The van der Waals surface area contributed by atoms with E-state index in [-0.39, 0.29) is 0 Å². The molecule has 0 saturated carbocycles. The molecule has 3 heteroatoms. The van der Waals surface area contributed by atoms with Crippen molar-refractivity contribution in [3.63, 3.8) is 0 Å². The Kier molecular flexibility index (Phi) is 6.35. The molecule has 134 valence electrons. The SMILES string of the molecule is CCc1ccc(CC2CCN(CCOc3ccc(N)cc3)CC2)cc1. The number of piperidine rings is 1. The smallest absolute Gasteiger partial charge is 0.119 e. The first-order valence-corrected chi connectivity index (χ1v) is 9.51. The first-order valence-electron chi connectivity index (χ1n) is 9.51. The minimum absolute atomic E-state index is 0.743. The van der Waals surface area contributed by atoms with Crippen LogP contribution in [0.4, 0.5) is 5.69 Å². The van der Waals surface area contributed by atoms with E-state index in [2.05, 4.69) is 36.1 Å². The van der Waals surface area contributed by atoms with E-state index in [1.807, 2.05) is 24.3 Å². The average molecular weight is 338 g/mol. The highest BCUT2D eigenvalue weighted by Gasteiger charge is 2.19. The number of ether oxygens (including phenoxy) is 1. The molecule has 0 aromatic heterocycles. The Labute approximate surface area is 151 Å². The highest BCUT2D eigenvalue weighted by molar-refractivity contribution is 5.41. The number of anilines is 1. The molecule has 0 bridgehead atoms. The maximum Gasteiger partial charge on any atom is 0.119 e. The number of hydrogen-bond donors (Lipinski definition) is 1. The van der Waals surface area contributed by atoms with Gasteiger partial charge >= 0.3 is 0 Å². The summed E-state index contributed by atoms with van der Waals surface area (Å²) in [6, 6.07) is 16.8. The average Bonchev–Trinajstić information content (AvgIpc) is 2.65. The number of hydrogen-bond acceptors (Lipinski definition) is 3. The van der Waals surface area contributed by atoms with E-state index in [9.17, 15) is 0 Å². The fourth-order valence-electron chi connectivity index (χ4n) is 3.52. The number of nitrogen functional groups attached to an aromatic ring is 1. The normalized spacial score (nSPS) is 16.0. The van der Waals surface area contributed by atoms with Gasteiger partial charge in [-0.3, -0.25) is 4.90 Å². The van der Waals surface area contributed by atoms with Gasteiger partial charge < -0.3 is 10.5 Å². The minimum Gasteiger partial charge on any atom is -0.492 e. The molecule has 2 aromatic rings. The van der Waals surface area contributed by atoms with Gasteiger partial charge in [0.1, 0.15) is 12.4 Å². The molecule has 3 rings (SSSR count). The Bertz CT molecular complexity index is 628. The van der Waals surface area contributed by atoms with E-state index in [1.165, 1.54) is 43.5 Å². The third-order valence-corrected chi connectivity index (χ3v) is 5.22. The van der Waals surface area contributed by atoms with E-state index in [0.29, 0.717) is 0 Å². The topological polar surface area (TPSA) is 38.5 Å². The van der Waals surface area contributed by atoms with Gasteiger partial charge in [-0.15, -0.1) is 0 Å². The molecule has 0 amide bonds. The van der Waals surface area contributed by atoms with Crippen LogP contribution in [0, 0.1) is 5.92 Å². The predicted octanol–water partition coefficient (Wildman–Crippen LogP) is 4.16. The summed E-state index contributed by atoms with van der Waals surface area (Å²) < 4.78 is 5.81. The standard InChI is InChI=1S/C22H30N2O/c1-2-18-3-5-19(6-4-18)17-20-11-13-24(14-12-20)15-16-25-22-9-7-21(23)8-10-22/h3-10,20H,2,11-17,23H2,1H3. The van der Waals surface area contributed by atoms with Gasteiger partial charge in [0.15, 0.2) is 0 Å². The van der Waals surface area contributed by atoms with Crippen LogP contribution < -0.4 is 10.5 Å². The molecule has 2 aromatic carbocycles. The zero-order valence-electron chi connectivity index (χ0n) is 15.3. The van der Waals surface area contributed by atoms with Gasteiger partial charge in [-0.05, 0) is 80.1 Å². The highest BCUT2D eigenvalue weighted by atomic mass is 16.5. The summed E-state index contributed by atoms with van der Waals surface area (Å²) in [5, 5.41) is 0. The van der Waals surface area contributed by atoms with Gasteiger partial charge in [0.25, 0.3) is 0 Å². The summed E-state index contributed by atoms with van der Waals surface area (Å²) in [5.74, 6) is 1.72. The van der Waals surface area contributed by atoms with Crippen molar-refractivity contribution in [3.8, 4) is 5.75 Å². The van der Waals surface area contributed by atoms with Gasteiger partial charge in [-0.1, -0.05) is 31.2 Å². The third-order valence-electron chi connectivity index (χ3n) is 5.22. The minimum atomic E-state index is 0.743. The van der Waals surface area contributed by atoms with E-state index in [4.69, 9.17) is 10.5 Å². The molecule has 1 saturated heterocycles. The van der Waals surface area contributed by atoms with Crippen LogP contribution >= 0.6 is 0 Å². The molecule has 0 radical (unpaired) electrons. The zero-order valence-corrected chi connectivity index (χ0v) is 15.3. The van der Waals surface area contributed by atoms with Crippen LogP contribution in [0.3, 0.4) is 0 Å². The van der Waals surface area contributed by atoms with Crippen LogP contribution in [-0.4, -0.2) is 31.1 Å². The van der Waals surface area contributed by atoms with Gasteiger partial charge in [0.05, 0.1) is 0 Å². The summed E-state index contributed by atoms with van der Waals surface area (Å²) in [7, 11) is 0. The number of aryl methyl sites for hydroxylation is 1. The van der Waals surface area contributed by atoms with Crippen LogP contribution in [0.1, 0.15) is 30.9 Å². The van der Waals surface area contributed by atoms with Crippen molar-refractivity contribution in [2.75, 3.05) is 32.0 Å². The molecule has 0 atom stereocenters. The molecule has 2 N–H and O–H groups in total. The van der Waals surface area contributed by atoms with Crippen molar-refractivity contribution >= 4 is 5.69 Å². The summed E-state index contributed by atoms with van der Waals surface area (Å²) in [4.78, 5) is 2.52. The van der Waals surface area contributed by atoms with Crippen LogP contribution in [0.5, 0.6) is 5.75 Å². The second kappa shape index (κ2) is 8.91. The van der Waals surface area contributed by atoms with Crippen molar-refractivity contribution in [2.24, 2.45) is 5.92 Å². The van der Waals surface area contributed by atoms with E-state index < -0.39 is 0 Å². The lowest BCUT2D eigenvalue weighted by Gasteiger charge is -2.32. The molecule has 25 heavy (non-hydrogen) atoms. The van der Waals surface area contributed by atoms with Gasteiger partial charge in [-0.25, -0.2) is 0 Å². The van der Waals surface area contributed by atoms with Gasteiger partial charge in [0, 0.05) is 12.2 Å². The van der Waals surface area contributed by atoms with Crippen LogP contribution in [0.15, 0.2) is 48.5 Å². The summed E-state index contributed by atoms with van der Waals surface area (Å²) in [5.41, 5.74) is 9.39. The van der Waals surface area contributed by atoms with E-state index in [0.717, 1.165) is 36.9 Å². The summed E-state index contributed by atoms with van der Waals surface area (Å²) in [6.45, 7) is 6.32. The van der Waals surface area contributed by atoms with Crippen molar-refractivity contribution < 1.29 is 4.74 Å². The molecular weight excluding hydrogens is 308 g/mol. The van der Waals surface area contributed by atoms with E-state index in [1.54, 1.807) is 0 Å². The Morgan fingerprint density at radius 2 is 1.60 bits per heavy atom. The summed E-state index contributed by atoms with van der Waals surface area (Å²) >= 11 is 0. The molecule has 1 aliphatic rings. The second-order valence-electron chi connectivity index (χ2n) is 7.08. The lowest BCUT2D eigenvalue weighted by atomic mass is 9.90. The second-order valence-corrected chi connectivity index (χ2v) is 7.08. The first kappa shape index (κ1) is 17.8. The Balaban J connectivity index is 1.36. The van der Waals surface area contributed by atoms with Crippen LogP contribution in [0.25, 0.3) is 0 Å².